The van der Waals surface area contributed by atoms with Gasteiger partial charge in [-0.25, -0.2) is 0 Å². The molecule has 0 aliphatic carbocycles. The second kappa shape index (κ2) is 4.41. The maximum absolute atomic E-state index is 11.1. The van der Waals surface area contributed by atoms with E-state index in [1.54, 1.807) is 24.5 Å². The molecule has 0 radical (unpaired) electrons. The number of rotatable bonds is 2. The first kappa shape index (κ1) is 8.62. The zero-order valence-electron chi connectivity index (χ0n) is 5.73. The van der Waals surface area contributed by atoms with Crippen molar-refractivity contribution in [2.45, 2.75) is 0 Å². The predicted octanol–water partition coefficient (Wildman–Crippen LogP) is 1.84. The van der Waals surface area contributed by atoms with Crippen molar-refractivity contribution in [3.05, 3.63) is 30.1 Å². The fourth-order valence-corrected chi connectivity index (χ4v) is 1.38. The first-order valence-corrected chi connectivity index (χ1v) is 4.64. The third kappa shape index (κ3) is 2.55. The van der Waals surface area contributed by atoms with Gasteiger partial charge in [0.1, 0.15) is 0 Å². The molecule has 0 saturated carbocycles. The van der Waals surface area contributed by atoms with E-state index in [-0.39, 0.29) is 5.12 Å². The largest absolute Gasteiger partial charge is 0.281 e. The highest BCUT2D eigenvalue weighted by molar-refractivity contribution is 8.20. The van der Waals surface area contributed by atoms with Gasteiger partial charge in [0.15, 0.2) is 0 Å². The fraction of sp³-hybridized carbons (Fsp3) is 0.143. The van der Waals surface area contributed by atoms with E-state index in [9.17, 15) is 4.79 Å². The van der Waals surface area contributed by atoms with Crippen molar-refractivity contribution in [3.8, 4) is 0 Å². The maximum atomic E-state index is 11.1. The Morgan fingerprint density at radius 3 is 3.09 bits per heavy atom. The second-order valence-electron chi connectivity index (χ2n) is 1.80. The Morgan fingerprint density at radius 2 is 2.55 bits per heavy atom. The van der Waals surface area contributed by atoms with E-state index >= 15 is 0 Å². The molecule has 0 unspecified atom stereocenters. The van der Waals surface area contributed by atoms with E-state index in [0.717, 1.165) is 0 Å². The third-order valence-corrected chi connectivity index (χ3v) is 2.11. The van der Waals surface area contributed by atoms with Crippen LogP contribution in [0.3, 0.4) is 0 Å². The van der Waals surface area contributed by atoms with Crippen LogP contribution in [0.5, 0.6) is 0 Å². The highest BCUT2D eigenvalue weighted by Gasteiger charge is 2.03. The predicted molar refractivity (Wildman–Crippen MR) is 50.0 cm³/mol. The molecule has 2 nitrogen and oxygen atoms in total. The van der Waals surface area contributed by atoms with E-state index < -0.39 is 0 Å². The molecule has 0 N–H and O–H groups in total. The van der Waals surface area contributed by atoms with Gasteiger partial charge in [0, 0.05) is 23.0 Å². The zero-order chi connectivity index (χ0) is 8.10. The van der Waals surface area contributed by atoms with Crippen LogP contribution in [-0.2, 0) is 0 Å². The summed E-state index contributed by atoms with van der Waals surface area (Å²) in [5.74, 6) is 0. The van der Waals surface area contributed by atoms with Crippen LogP contribution in [-0.4, -0.2) is 15.2 Å². The van der Waals surface area contributed by atoms with Gasteiger partial charge in [0.05, 0.1) is 0 Å². The van der Waals surface area contributed by atoms with E-state index in [4.69, 9.17) is 0 Å². The number of hydrogen-bond donors (Lipinski definition) is 1. The lowest BCUT2D eigenvalue weighted by atomic mass is 10.3. The van der Waals surface area contributed by atoms with Gasteiger partial charge in [0.2, 0.25) is 5.12 Å². The molecule has 1 heterocycles. The minimum Gasteiger partial charge on any atom is -0.281 e. The van der Waals surface area contributed by atoms with Crippen molar-refractivity contribution in [2.24, 2.45) is 0 Å². The minimum absolute atomic E-state index is 0.0214. The summed E-state index contributed by atoms with van der Waals surface area (Å²) < 4.78 is 0. The van der Waals surface area contributed by atoms with Crippen LogP contribution in [0.4, 0.5) is 0 Å². The summed E-state index contributed by atoms with van der Waals surface area (Å²) in [7, 11) is 0. The number of carbonyl (C=O) groups is 1. The maximum Gasteiger partial charge on any atom is 0.221 e. The Morgan fingerprint density at radius 1 is 1.73 bits per heavy atom. The van der Waals surface area contributed by atoms with Gasteiger partial charge < -0.3 is 0 Å². The molecular weight excluding hydrogens is 178 g/mol. The number of aromatic nitrogens is 1. The molecular formula is C7H7NOS2. The summed E-state index contributed by atoms with van der Waals surface area (Å²) in [5, 5.41) is 0.529. The average molecular weight is 185 g/mol. The Labute approximate surface area is 74.8 Å². The molecule has 0 bridgehead atoms. The molecule has 0 aliphatic rings. The minimum atomic E-state index is 0.0214. The fourth-order valence-electron chi connectivity index (χ4n) is 0.625. The van der Waals surface area contributed by atoms with Gasteiger partial charge in [-0.15, -0.1) is 0 Å². The number of nitrogens with zero attached hydrogens (tertiary/aromatic N) is 1. The Bertz CT molecular complexity index is 237. The van der Waals surface area contributed by atoms with Crippen LogP contribution >= 0.6 is 24.4 Å². The molecule has 1 aromatic rings. The normalized spacial score (nSPS) is 9.55. The Hall–Kier alpha value is -0.480. The van der Waals surface area contributed by atoms with Crippen molar-refractivity contribution < 1.29 is 4.79 Å². The van der Waals surface area contributed by atoms with Crippen molar-refractivity contribution in [3.63, 3.8) is 0 Å². The second-order valence-corrected chi connectivity index (χ2v) is 3.49. The lowest BCUT2D eigenvalue weighted by Crippen LogP contribution is -1.92. The smallest absolute Gasteiger partial charge is 0.221 e. The molecule has 1 rings (SSSR count). The van der Waals surface area contributed by atoms with Crippen LogP contribution in [0, 0.1) is 0 Å². The third-order valence-electron chi connectivity index (χ3n) is 1.09. The first-order valence-electron chi connectivity index (χ1n) is 3.02. The van der Waals surface area contributed by atoms with Gasteiger partial charge in [0.25, 0.3) is 0 Å². The summed E-state index contributed by atoms with van der Waals surface area (Å²) in [4.78, 5) is 14.9. The number of carbonyl (C=O) groups excluding carboxylic acids is 1. The van der Waals surface area contributed by atoms with Crippen molar-refractivity contribution in [1.82, 2.24) is 4.98 Å². The molecule has 11 heavy (non-hydrogen) atoms. The van der Waals surface area contributed by atoms with E-state index in [1.165, 1.54) is 11.8 Å². The van der Waals surface area contributed by atoms with Gasteiger partial charge in [-0.3, -0.25) is 9.78 Å². The topological polar surface area (TPSA) is 30.0 Å². The highest BCUT2D eigenvalue weighted by atomic mass is 32.2. The molecule has 0 amide bonds. The van der Waals surface area contributed by atoms with E-state index in [2.05, 4.69) is 17.6 Å². The average Bonchev–Trinajstić information content (AvgIpc) is 2.07. The van der Waals surface area contributed by atoms with Crippen molar-refractivity contribution in [1.29, 1.82) is 0 Å². The van der Waals surface area contributed by atoms with Crippen LogP contribution in [0.1, 0.15) is 10.4 Å². The molecule has 0 aliphatic heterocycles. The quantitative estimate of drug-likeness (QED) is 0.563. The van der Waals surface area contributed by atoms with Crippen molar-refractivity contribution >= 4 is 29.5 Å². The summed E-state index contributed by atoms with van der Waals surface area (Å²) in [6.07, 6.45) is 3.20. The molecule has 0 fully saturated rings. The van der Waals surface area contributed by atoms with Crippen LogP contribution in [0.2, 0.25) is 0 Å². The van der Waals surface area contributed by atoms with Crippen LogP contribution in [0.15, 0.2) is 24.5 Å². The molecule has 0 atom stereocenters. The van der Waals surface area contributed by atoms with Crippen LogP contribution in [0.25, 0.3) is 0 Å². The van der Waals surface area contributed by atoms with Gasteiger partial charge >= 0.3 is 0 Å². The van der Waals surface area contributed by atoms with E-state index in [0.29, 0.717) is 10.6 Å². The molecule has 1 aromatic heterocycles. The van der Waals surface area contributed by atoms with Gasteiger partial charge in [-0.2, -0.15) is 12.6 Å². The summed E-state index contributed by atoms with van der Waals surface area (Å²) >= 11 is 5.10. The Balaban J connectivity index is 2.69. The Kier molecular flexibility index (Phi) is 3.45. The van der Waals surface area contributed by atoms with Gasteiger partial charge in [-0.1, -0.05) is 11.8 Å². The number of hydrogen-bond acceptors (Lipinski definition) is 4. The number of thioether (sulfide) groups is 1. The monoisotopic (exact) mass is 185 g/mol. The summed E-state index contributed by atoms with van der Waals surface area (Å²) in [6, 6.07) is 3.48. The molecule has 0 saturated heterocycles. The molecule has 4 heteroatoms. The van der Waals surface area contributed by atoms with E-state index in [1.807, 2.05) is 0 Å². The summed E-state index contributed by atoms with van der Waals surface area (Å²) in [6.45, 7) is 0. The number of thiol groups is 1. The standard InChI is InChI=1S/C7H7NOS2/c9-7(11-5-10)6-2-1-3-8-4-6/h1-4,10H,5H2. The molecule has 0 spiro atoms. The summed E-state index contributed by atoms with van der Waals surface area (Å²) in [5.41, 5.74) is 0.631. The molecule has 58 valence electrons. The molecule has 0 aromatic carbocycles. The highest BCUT2D eigenvalue weighted by Crippen LogP contribution is 2.11. The number of pyridine rings is 1. The zero-order valence-corrected chi connectivity index (χ0v) is 7.44. The van der Waals surface area contributed by atoms with Crippen molar-refractivity contribution in [2.75, 3.05) is 5.08 Å². The SMILES string of the molecule is O=C(SCS)c1cccnc1. The lowest BCUT2D eigenvalue weighted by Gasteiger charge is -1.94. The van der Waals surface area contributed by atoms with Crippen LogP contribution < -0.4 is 0 Å². The van der Waals surface area contributed by atoms with Gasteiger partial charge in [-0.05, 0) is 12.1 Å². The first-order chi connectivity index (χ1) is 5.34. The lowest BCUT2D eigenvalue weighted by molar-refractivity contribution is 0.108.